The number of hydrogen-bond donors (Lipinski definition) is 2. The van der Waals surface area contributed by atoms with E-state index in [9.17, 15) is 19.7 Å². The molecular formula is C24H19Cl2N3O6. The normalized spacial score (nSPS) is 10.9. The number of amides is 2. The highest BCUT2D eigenvalue weighted by Crippen LogP contribution is 2.28. The van der Waals surface area contributed by atoms with Gasteiger partial charge in [0.2, 0.25) is 0 Å². The van der Waals surface area contributed by atoms with Gasteiger partial charge in [-0.3, -0.25) is 19.7 Å². The number of nitrogens with zero attached hydrogens (tertiary/aromatic N) is 1. The van der Waals surface area contributed by atoms with Gasteiger partial charge in [0.05, 0.1) is 34.8 Å². The fraction of sp³-hybridized carbons (Fsp3) is 0.0833. The van der Waals surface area contributed by atoms with Gasteiger partial charge in [0, 0.05) is 17.8 Å². The Labute approximate surface area is 210 Å². The van der Waals surface area contributed by atoms with Gasteiger partial charge in [0.25, 0.3) is 17.5 Å². The fourth-order valence-corrected chi connectivity index (χ4v) is 3.47. The van der Waals surface area contributed by atoms with Gasteiger partial charge in [-0.2, -0.15) is 0 Å². The van der Waals surface area contributed by atoms with Crippen molar-refractivity contribution in [2.45, 2.75) is 0 Å². The quantitative estimate of drug-likeness (QED) is 0.237. The Morgan fingerprint density at radius 3 is 2.23 bits per heavy atom. The van der Waals surface area contributed by atoms with Crippen LogP contribution in [0.1, 0.15) is 15.9 Å². The number of methoxy groups -OCH3 is 2. The molecule has 0 bridgehead atoms. The summed E-state index contributed by atoms with van der Waals surface area (Å²) in [7, 11) is 2.93. The minimum atomic E-state index is -0.664. The zero-order valence-corrected chi connectivity index (χ0v) is 20.0. The van der Waals surface area contributed by atoms with E-state index < -0.39 is 16.7 Å². The maximum absolute atomic E-state index is 13.1. The molecule has 35 heavy (non-hydrogen) atoms. The summed E-state index contributed by atoms with van der Waals surface area (Å²) in [5.41, 5.74) is 0.655. The lowest BCUT2D eigenvalue weighted by Gasteiger charge is -2.13. The Morgan fingerprint density at radius 1 is 0.943 bits per heavy atom. The molecule has 0 aliphatic heterocycles. The lowest BCUT2D eigenvalue weighted by atomic mass is 10.1. The van der Waals surface area contributed by atoms with E-state index in [0.29, 0.717) is 22.7 Å². The van der Waals surface area contributed by atoms with Crippen molar-refractivity contribution in [1.82, 2.24) is 5.32 Å². The number of rotatable bonds is 8. The van der Waals surface area contributed by atoms with Crippen LogP contribution in [0.4, 0.5) is 11.4 Å². The van der Waals surface area contributed by atoms with Crippen molar-refractivity contribution in [2.24, 2.45) is 0 Å². The smallest absolute Gasteiger partial charge is 0.272 e. The van der Waals surface area contributed by atoms with Crippen molar-refractivity contribution in [3.8, 4) is 11.5 Å². The summed E-state index contributed by atoms with van der Waals surface area (Å²) >= 11 is 12.3. The van der Waals surface area contributed by atoms with Crippen LogP contribution in [-0.2, 0) is 4.79 Å². The summed E-state index contributed by atoms with van der Waals surface area (Å²) in [6, 6.07) is 14.6. The number of halogens is 2. The van der Waals surface area contributed by atoms with E-state index in [1.807, 2.05) is 0 Å². The van der Waals surface area contributed by atoms with E-state index in [0.717, 1.165) is 0 Å². The molecule has 11 heteroatoms. The second-order valence-corrected chi connectivity index (χ2v) is 7.82. The van der Waals surface area contributed by atoms with Crippen molar-refractivity contribution >= 4 is 52.5 Å². The second-order valence-electron chi connectivity index (χ2n) is 7.01. The molecule has 2 N–H and O–H groups in total. The van der Waals surface area contributed by atoms with Gasteiger partial charge in [-0.15, -0.1) is 0 Å². The summed E-state index contributed by atoms with van der Waals surface area (Å²) in [6.07, 6.45) is 1.37. The minimum Gasteiger partial charge on any atom is -0.497 e. The number of hydrogen-bond acceptors (Lipinski definition) is 6. The third-order valence-electron chi connectivity index (χ3n) is 4.74. The van der Waals surface area contributed by atoms with Gasteiger partial charge in [-0.1, -0.05) is 23.2 Å². The molecule has 3 aromatic rings. The Kier molecular flexibility index (Phi) is 8.30. The van der Waals surface area contributed by atoms with Gasteiger partial charge >= 0.3 is 0 Å². The molecule has 0 radical (unpaired) electrons. The summed E-state index contributed by atoms with van der Waals surface area (Å²) in [5.74, 6) is -0.424. The first-order valence-corrected chi connectivity index (χ1v) is 10.7. The van der Waals surface area contributed by atoms with E-state index in [-0.39, 0.29) is 27.0 Å². The monoisotopic (exact) mass is 515 g/mol. The van der Waals surface area contributed by atoms with Crippen LogP contribution in [0.5, 0.6) is 11.5 Å². The van der Waals surface area contributed by atoms with Crippen LogP contribution in [0.25, 0.3) is 6.08 Å². The van der Waals surface area contributed by atoms with E-state index >= 15 is 0 Å². The van der Waals surface area contributed by atoms with Crippen LogP contribution in [0.15, 0.2) is 66.4 Å². The molecule has 0 heterocycles. The Morgan fingerprint density at radius 2 is 1.66 bits per heavy atom. The van der Waals surface area contributed by atoms with E-state index in [4.69, 9.17) is 32.7 Å². The number of anilines is 1. The van der Waals surface area contributed by atoms with Crippen LogP contribution in [0, 0.1) is 10.1 Å². The van der Waals surface area contributed by atoms with E-state index in [2.05, 4.69) is 10.6 Å². The summed E-state index contributed by atoms with van der Waals surface area (Å²) in [4.78, 5) is 36.4. The number of carbonyl (C=O) groups excluding carboxylic acids is 2. The first kappa shape index (κ1) is 25.5. The largest absolute Gasteiger partial charge is 0.497 e. The fourth-order valence-electron chi connectivity index (χ4n) is 2.96. The predicted octanol–water partition coefficient (Wildman–Crippen LogP) is 5.33. The second kappa shape index (κ2) is 11.4. The van der Waals surface area contributed by atoms with Crippen LogP contribution in [-0.4, -0.2) is 31.0 Å². The van der Waals surface area contributed by atoms with Gasteiger partial charge < -0.3 is 20.1 Å². The molecule has 3 rings (SSSR count). The number of ether oxygens (including phenoxy) is 2. The topological polar surface area (TPSA) is 120 Å². The molecule has 0 atom stereocenters. The molecule has 0 spiro atoms. The molecule has 0 unspecified atom stereocenters. The van der Waals surface area contributed by atoms with Crippen molar-refractivity contribution < 1.29 is 24.0 Å². The standard InChI is InChI=1S/C24H19Cl2N3O6/c1-34-17-8-9-18(19(25)13-17)23(30)28-21(11-14-3-6-16(7-4-14)29(32)33)24(31)27-15-5-10-22(35-2)20(26)12-15/h3-13H,1-2H3,(H,27,31)(H,28,30)/b21-11+. The molecule has 3 aromatic carbocycles. The molecule has 0 aliphatic rings. The summed E-state index contributed by atoms with van der Waals surface area (Å²) in [6.45, 7) is 0. The lowest BCUT2D eigenvalue weighted by Crippen LogP contribution is -2.31. The molecule has 0 fully saturated rings. The first-order chi connectivity index (χ1) is 16.7. The van der Waals surface area contributed by atoms with Crippen molar-refractivity contribution in [3.05, 3.63) is 97.6 Å². The summed E-state index contributed by atoms with van der Waals surface area (Å²) < 4.78 is 10.2. The van der Waals surface area contributed by atoms with Gasteiger partial charge in [-0.05, 0) is 60.2 Å². The van der Waals surface area contributed by atoms with E-state index in [1.165, 1.54) is 62.8 Å². The Bertz CT molecular complexity index is 1310. The number of non-ortho nitro benzene ring substituents is 1. The van der Waals surface area contributed by atoms with Crippen LogP contribution >= 0.6 is 23.2 Å². The highest BCUT2D eigenvalue weighted by molar-refractivity contribution is 6.34. The van der Waals surface area contributed by atoms with Crippen molar-refractivity contribution in [3.63, 3.8) is 0 Å². The SMILES string of the molecule is COc1ccc(C(=O)N/C(=C/c2ccc([N+](=O)[O-])cc2)C(=O)Nc2ccc(OC)c(Cl)c2)c(Cl)c1. The third kappa shape index (κ3) is 6.50. The molecule has 0 aliphatic carbocycles. The van der Waals surface area contributed by atoms with E-state index in [1.54, 1.807) is 18.2 Å². The first-order valence-electron chi connectivity index (χ1n) is 9.97. The maximum Gasteiger partial charge on any atom is 0.272 e. The molecule has 9 nitrogen and oxygen atoms in total. The minimum absolute atomic E-state index is 0.113. The number of benzene rings is 3. The van der Waals surface area contributed by atoms with Crippen molar-refractivity contribution in [2.75, 3.05) is 19.5 Å². The number of nitrogens with one attached hydrogen (secondary N) is 2. The molecule has 0 saturated heterocycles. The zero-order chi connectivity index (χ0) is 25.5. The third-order valence-corrected chi connectivity index (χ3v) is 5.35. The number of carbonyl (C=O) groups is 2. The number of nitro benzene ring substituents is 1. The van der Waals surface area contributed by atoms with Gasteiger partial charge in [0.15, 0.2) is 0 Å². The van der Waals surface area contributed by atoms with Gasteiger partial charge in [0.1, 0.15) is 17.2 Å². The molecule has 0 saturated carbocycles. The lowest BCUT2D eigenvalue weighted by molar-refractivity contribution is -0.384. The molecule has 180 valence electrons. The van der Waals surface area contributed by atoms with Crippen LogP contribution in [0.3, 0.4) is 0 Å². The Hall–Kier alpha value is -4.08. The molecule has 2 amide bonds. The molecular weight excluding hydrogens is 497 g/mol. The van der Waals surface area contributed by atoms with Crippen LogP contribution < -0.4 is 20.1 Å². The Balaban J connectivity index is 1.93. The predicted molar refractivity (Wildman–Crippen MR) is 133 cm³/mol. The molecule has 0 aromatic heterocycles. The highest BCUT2D eigenvalue weighted by Gasteiger charge is 2.18. The zero-order valence-electron chi connectivity index (χ0n) is 18.5. The summed E-state index contributed by atoms with van der Waals surface area (Å²) in [5, 5.41) is 16.5. The maximum atomic E-state index is 13.1. The van der Waals surface area contributed by atoms with Crippen LogP contribution in [0.2, 0.25) is 10.0 Å². The van der Waals surface area contributed by atoms with Gasteiger partial charge in [-0.25, -0.2) is 0 Å². The average Bonchev–Trinajstić information content (AvgIpc) is 2.83. The number of nitro groups is 1. The average molecular weight is 516 g/mol. The van der Waals surface area contributed by atoms with Crippen molar-refractivity contribution in [1.29, 1.82) is 0 Å². The highest BCUT2D eigenvalue weighted by atomic mass is 35.5.